The van der Waals surface area contributed by atoms with Gasteiger partial charge >= 0.3 is 0 Å². The molecule has 1 heterocycles. The van der Waals surface area contributed by atoms with E-state index in [-0.39, 0.29) is 6.61 Å². The number of rotatable bonds is 3. The third-order valence-electron chi connectivity index (χ3n) is 3.09. The summed E-state index contributed by atoms with van der Waals surface area (Å²) < 4.78 is 1.24. The van der Waals surface area contributed by atoms with Gasteiger partial charge in [0.05, 0.1) is 6.61 Å². The highest BCUT2D eigenvalue weighted by molar-refractivity contribution is 14.1. The Kier molecular flexibility index (Phi) is 4.05. The van der Waals surface area contributed by atoms with Gasteiger partial charge in [0, 0.05) is 27.9 Å². The van der Waals surface area contributed by atoms with Crippen molar-refractivity contribution in [1.82, 2.24) is 4.90 Å². The van der Waals surface area contributed by atoms with Crippen molar-refractivity contribution in [2.45, 2.75) is 18.5 Å². The van der Waals surface area contributed by atoms with Crippen molar-refractivity contribution in [2.24, 2.45) is 0 Å². The van der Waals surface area contributed by atoms with Gasteiger partial charge in [-0.25, -0.2) is 0 Å². The zero-order chi connectivity index (χ0) is 11.5. The van der Waals surface area contributed by atoms with Gasteiger partial charge in [0.2, 0.25) is 0 Å². The molecule has 1 saturated heterocycles. The lowest BCUT2D eigenvalue weighted by molar-refractivity contribution is 0.182. The van der Waals surface area contributed by atoms with Crippen molar-refractivity contribution in [3.8, 4) is 0 Å². The molecule has 0 aliphatic carbocycles. The summed E-state index contributed by atoms with van der Waals surface area (Å²) in [6, 6.07) is 9.14. The van der Waals surface area contributed by atoms with Crippen molar-refractivity contribution in [2.75, 3.05) is 25.5 Å². The van der Waals surface area contributed by atoms with E-state index in [2.05, 4.69) is 64.1 Å². The van der Waals surface area contributed by atoms with Gasteiger partial charge in [0.25, 0.3) is 0 Å². The minimum absolute atomic E-state index is 0.251. The fourth-order valence-electron chi connectivity index (χ4n) is 2.21. The van der Waals surface area contributed by atoms with Gasteiger partial charge in [-0.2, -0.15) is 0 Å². The monoisotopic (exact) mass is 332 g/mol. The maximum atomic E-state index is 9.19. The van der Waals surface area contributed by atoms with Crippen molar-refractivity contribution in [3.05, 3.63) is 27.8 Å². The van der Waals surface area contributed by atoms with E-state index in [4.69, 9.17) is 0 Å². The molecule has 88 valence electrons. The van der Waals surface area contributed by atoms with Crippen LogP contribution in [0, 0.1) is 3.57 Å². The lowest BCUT2D eigenvalue weighted by Gasteiger charge is -2.15. The van der Waals surface area contributed by atoms with E-state index in [1.807, 2.05) is 0 Å². The lowest BCUT2D eigenvalue weighted by Crippen LogP contribution is -2.28. The minimum Gasteiger partial charge on any atom is -0.395 e. The molecule has 2 rings (SSSR count). The minimum atomic E-state index is 0.251. The molecule has 0 aromatic heterocycles. The molecule has 0 amide bonds. The molecular weight excluding hydrogens is 315 g/mol. The van der Waals surface area contributed by atoms with Crippen molar-refractivity contribution in [1.29, 1.82) is 0 Å². The summed E-state index contributed by atoms with van der Waals surface area (Å²) in [4.78, 5) is 2.21. The van der Waals surface area contributed by atoms with E-state index >= 15 is 0 Å². The summed E-state index contributed by atoms with van der Waals surface area (Å²) in [5.74, 6) is 0. The van der Waals surface area contributed by atoms with Crippen LogP contribution in [0.5, 0.6) is 0 Å². The van der Waals surface area contributed by atoms with Gasteiger partial charge < -0.3 is 10.4 Å². The predicted molar refractivity (Wildman–Crippen MR) is 74.7 cm³/mol. The second kappa shape index (κ2) is 5.33. The number of anilines is 1. The summed E-state index contributed by atoms with van der Waals surface area (Å²) >= 11 is 2.32. The second-order valence-electron chi connectivity index (χ2n) is 4.36. The molecule has 0 saturated carbocycles. The Morgan fingerprint density at radius 2 is 2.38 bits per heavy atom. The number of hydrogen-bond acceptors (Lipinski definition) is 3. The Bertz CT molecular complexity index is 359. The maximum absolute atomic E-state index is 9.19. The third kappa shape index (κ3) is 2.87. The van der Waals surface area contributed by atoms with Gasteiger partial charge in [0.1, 0.15) is 0 Å². The van der Waals surface area contributed by atoms with Crippen LogP contribution in [0.1, 0.15) is 6.42 Å². The Hall–Kier alpha value is -0.330. The molecule has 2 N–H and O–H groups in total. The lowest BCUT2D eigenvalue weighted by atomic mass is 10.1. The molecule has 0 unspecified atom stereocenters. The van der Waals surface area contributed by atoms with Crippen LogP contribution >= 0.6 is 22.6 Å². The Labute approximate surface area is 110 Å². The number of halogens is 1. The van der Waals surface area contributed by atoms with Gasteiger partial charge in [-0.15, -0.1) is 0 Å². The van der Waals surface area contributed by atoms with E-state index < -0.39 is 0 Å². The zero-order valence-electron chi connectivity index (χ0n) is 9.36. The van der Waals surface area contributed by atoms with Crippen LogP contribution in [-0.4, -0.2) is 42.3 Å². The Morgan fingerprint density at radius 1 is 1.56 bits per heavy atom. The molecule has 1 aliphatic heterocycles. The quantitative estimate of drug-likeness (QED) is 0.828. The number of likely N-dealkylation sites (N-methyl/N-ethyl adjacent to an activating group) is 1. The van der Waals surface area contributed by atoms with Crippen LogP contribution in [-0.2, 0) is 0 Å². The molecule has 3 nitrogen and oxygen atoms in total. The summed E-state index contributed by atoms with van der Waals surface area (Å²) in [7, 11) is 2.07. The van der Waals surface area contributed by atoms with Crippen LogP contribution in [0.25, 0.3) is 0 Å². The molecule has 4 heteroatoms. The summed E-state index contributed by atoms with van der Waals surface area (Å²) in [6.45, 7) is 1.25. The van der Waals surface area contributed by atoms with Crippen molar-refractivity contribution >= 4 is 28.3 Å². The Balaban J connectivity index is 1.96. The second-order valence-corrected chi connectivity index (χ2v) is 5.61. The van der Waals surface area contributed by atoms with E-state index in [0.717, 1.165) is 13.0 Å². The topological polar surface area (TPSA) is 35.5 Å². The van der Waals surface area contributed by atoms with Crippen molar-refractivity contribution < 1.29 is 5.11 Å². The first kappa shape index (κ1) is 12.1. The van der Waals surface area contributed by atoms with E-state index in [0.29, 0.717) is 12.1 Å². The number of nitrogens with one attached hydrogen (secondary N) is 1. The van der Waals surface area contributed by atoms with Gasteiger partial charge in [-0.1, -0.05) is 6.07 Å². The number of hydrogen-bond donors (Lipinski definition) is 2. The summed E-state index contributed by atoms with van der Waals surface area (Å²) in [5.41, 5.74) is 1.17. The maximum Gasteiger partial charge on any atom is 0.0587 e. The van der Waals surface area contributed by atoms with E-state index in [1.165, 1.54) is 9.26 Å². The Morgan fingerprint density at radius 3 is 3.00 bits per heavy atom. The van der Waals surface area contributed by atoms with Crippen LogP contribution in [0.3, 0.4) is 0 Å². The van der Waals surface area contributed by atoms with Crippen LogP contribution < -0.4 is 5.32 Å². The number of benzene rings is 1. The number of likely N-dealkylation sites (tertiary alicyclic amines) is 1. The standard InChI is InChI=1S/C12H17IN2O/c1-15-7-11(6-12(15)8-16)14-10-4-2-3-9(13)5-10/h2-5,11-12,14,16H,6-8H2,1H3/t11-,12+/m1/s1. The highest BCUT2D eigenvalue weighted by Crippen LogP contribution is 2.20. The highest BCUT2D eigenvalue weighted by atomic mass is 127. The first-order chi connectivity index (χ1) is 7.69. The SMILES string of the molecule is CN1C[C@H](Nc2cccc(I)c2)C[C@H]1CO. The predicted octanol–water partition coefficient (Wildman–Crippen LogP) is 1.77. The zero-order valence-corrected chi connectivity index (χ0v) is 11.5. The normalized spacial score (nSPS) is 25.9. The molecule has 1 fully saturated rings. The first-order valence-corrected chi connectivity index (χ1v) is 6.60. The fraction of sp³-hybridized carbons (Fsp3) is 0.500. The van der Waals surface area contributed by atoms with Crippen LogP contribution in [0.15, 0.2) is 24.3 Å². The largest absolute Gasteiger partial charge is 0.395 e. The molecular formula is C12H17IN2O. The van der Waals surface area contributed by atoms with Crippen LogP contribution in [0.2, 0.25) is 0 Å². The van der Waals surface area contributed by atoms with Crippen LogP contribution in [0.4, 0.5) is 5.69 Å². The smallest absolute Gasteiger partial charge is 0.0587 e. The fourth-order valence-corrected chi connectivity index (χ4v) is 2.76. The third-order valence-corrected chi connectivity index (χ3v) is 3.77. The number of aliphatic hydroxyl groups excluding tert-OH is 1. The van der Waals surface area contributed by atoms with Gasteiger partial charge in [0.15, 0.2) is 0 Å². The van der Waals surface area contributed by atoms with E-state index in [9.17, 15) is 5.11 Å². The first-order valence-electron chi connectivity index (χ1n) is 5.52. The summed E-state index contributed by atoms with van der Waals surface area (Å²) in [6.07, 6.45) is 1.01. The number of nitrogens with zero attached hydrogens (tertiary/aromatic N) is 1. The van der Waals surface area contributed by atoms with Gasteiger partial charge in [-0.3, -0.25) is 4.90 Å². The molecule has 0 radical (unpaired) electrons. The molecule has 0 bridgehead atoms. The van der Waals surface area contributed by atoms with Gasteiger partial charge in [-0.05, 0) is 54.3 Å². The molecule has 0 spiro atoms. The average Bonchev–Trinajstić information content (AvgIpc) is 2.58. The highest BCUT2D eigenvalue weighted by Gasteiger charge is 2.28. The van der Waals surface area contributed by atoms with E-state index in [1.54, 1.807) is 0 Å². The molecule has 2 atom stereocenters. The molecule has 1 aliphatic rings. The molecule has 1 aromatic carbocycles. The number of aliphatic hydroxyl groups is 1. The average molecular weight is 332 g/mol. The molecule has 16 heavy (non-hydrogen) atoms. The van der Waals surface area contributed by atoms with Crippen molar-refractivity contribution in [3.63, 3.8) is 0 Å². The molecule has 1 aromatic rings. The summed E-state index contributed by atoms with van der Waals surface area (Å²) in [5, 5.41) is 12.7.